The van der Waals surface area contributed by atoms with Crippen LogP contribution in [0, 0.1) is 10.1 Å². The first-order valence-electron chi connectivity index (χ1n) is 6.29. The highest BCUT2D eigenvalue weighted by molar-refractivity contribution is 5.64. The van der Waals surface area contributed by atoms with Gasteiger partial charge in [0.05, 0.1) is 18.3 Å². The number of rotatable bonds is 5. The Kier molecular flexibility index (Phi) is 3.38. The molecule has 3 aromatic rings. The van der Waals surface area contributed by atoms with Crippen molar-refractivity contribution in [3.63, 3.8) is 0 Å². The molecule has 3 rings (SSSR count). The molecule has 1 aromatic carbocycles. The van der Waals surface area contributed by atoms with Gasteiger partial charge in [-0.3, -0.25) is 15.2 Å². The van der Waals surface area contributed by atoms with Crippen LogP contribution in [0.3, 0.4) is 0 Å². The molecule has 2 N–H and O–H groups in total. The van der Waals surface area contributed by atoms with Crippen molar-refractivity contribution in [3.05, 3.63) is 64.5 Å². The zero-order valence-electron chi connectivity index (χ0n) is 10.9. The number of nitro groups is 1. The van der Waals surface area contributed by atoms with E-state index >= 15 is 0 Å². The van der Waals surface area contributed by atoms with Gasteiger partial charge in [0.1, 0.15) is 10.7 Å². The molecule has 0 bridgehead atoms. The van der Waals surface area contributed by atoms with E-state index in [9.17, 15) is 10.1 Å². The number of nitrogens with zero attached hydrogens (tertiary/aromatic N) is 2. The lowest BCUT2D eigenvalue weighted by Gasteiger charge is -2.06. The molecule has 0 aliphatic carbocycles. The molecule has 0 amide bonds. The summed E-state index contributed by atoms with van der Waals surface area (Å²) in [7, 11) is 0. The zero-order chi connectivity index (χ0) is 14.7. The zero-order valence-corrected chi connectivity index (χ0v) is 10.9. The summed E-state index contributed by atoms with van der Waals surface area (Å²) in [5.41, 5.74) is 2.82. The molecule has 0 aliphatic heterocycles. The molecule has 0 fully saturated rings. The van der Waals surface area contributed by atoms with Crippen molar-refractivity contribution >= 4 is 11.6 Å². The molecule has 7 heteroatoms. The molecule has 0 unspecified atom stereocenters. The molecule has 2 heterocycles. The second-order valence-corrected chi connectivity index (χ2v) is 4.40. The van der Waals surface area contributed by atoms with Crippen LogP contribution in [0.5, 0.6) is 0 Å². The van der Waals surface area contributed by atoms with Crippen LogP contribution in [0.15, 0.2) is 53.1 Å². The fourth-order valence-electron chi connectivity index (χ4n) is 1.96. The Morgan fingerprint density at radius 1 is 1.29 bits per heavy atom. The lowest BCUT2D eigenvalue weighted by molar-refractivity contribution is -0.402. The van der Waals surface area contributed by atoms with E-state index in [0.717, 1.165) is 16.9 Å². The number of benzene rings is 1. The van der Waals surface area contributed by atoms with Gasteiger partial charge < -0.3 is 9.73 Å². The first kappa shape index (κ1) is 12.9. The second kappa shape index (κ2) is 5.49. The van der Waals surface area contributed by atoms with Gasteiger partial charge in [-0.05, 0) is 24.3 Å². The molecule has 7 nitrogen and oxygen atoms in total. The van der Waals surface area contributed by atoms with Crippen LogP contribution < -0.4 is 5.32 Å². The minimum absolute atomic E-state index is 0.252. The van der Waals surface area contributed by atoms with Gasteiger partial charge in [0.25, 0.3) is 0 Å². The first-order valence-corrected chi connectivity index (χ1v) is 6.29. The normalized spacial score (nSPS) is 10.5. The van der Waals surface area contributed by atoms with Crippen LogP contribution in [-0.4, -0.2) is 15.1 Å². The van der Waals surface area contributed by atoms with E-state index in [1.807, 2.05) is 30.3 Å². The summed E-state index contributed by atoms with van der Waals surface area (Å²) in [5.74, 6) is 0.256. The standard InChI is InChI=1S/C14H12N4O3/c19-18(20)14-5-4-12(21-14)9-15-11-3-1-2-10(8-11)13-6-7-16-17-13/h1-8,15H,9H2,(H,16,17). The van der Waals surface area contributed by atoms with E-state index < -0.39 is 4.92 Å². The van der Waals surface area contributed by atoms with E-state index in [0.29, 0.717) is 12.3 Å². The molecular weight excluding hydrogens is 272 g/mol. The van der Waals surface area contributed by atoms with Gasteiger partial charge in [0, 0.05) is 17.4 Å². The van der Waals surface area contributed by atoms with Gasteiger partial charge in [-0.25, -0.2) is 0 Å². The largest absolute Gasteiger partial charge is 0.433 e. The van der Waals surface area contributed by atoms with Crippen LogP contribution in [0.4, 0.5) is 11.6 Å². The van der Waals surface area contributed by atoms with Crippen molar-refractivity contribution in [1.82, 2.24) is 10.2 Å². The van der Waals surface area contributed by atoms with Crippen molar-refractivity contribution in [3.8, 4) is 11.3 Å². The van der Waals surface area contributed by atoms with Gasteiger partial charge in [0.15, 0.2) is 0 Å². The van der Waals surface area contributed by atoms with Crippen LogP contribution in [0.1, 0.15) is 5.76 Å². The third-order valence-corrected chi connectivity index (χ3v) is 2.97. The number of furan rings is 1. The molecule has 0 atom stereocenters. The number of aromatic amines is 1. The van der Waals surface area contributed by atoms with E-state index in [1.165, 1.54) is 6.07 Å². The number of nitrogens with one attached hydrogen (secondary N) is 2. The summed E-state index contributed by atoms with van der Waals surface area (Å²) in [6.07, 6.45) is 1.69. The van der Waals surface area contributed by atoms with Gasteiger partial charge in [-0.2, -0.15) is 5.10 Å². The summed E-state index contributed by atoms with van der Waals surface area (Å²) in [4.78, 5) is 9.99. The summed E-state index contributed by atoms with van der Waals surface area (Å²) in [5, 5.41) is 20.5. The van der Waals surface area contributed by atoms with E-state index in [-0.39, 0.29) is 5.88 Å². The molecule has 0 radical (unpaired) electrons. The lowest BCUT2D eigenvalue weighted by atomic mass is 10.1. The Morgan fingerprint density at radius 3 is 2.90 bits per heavy atom. The predicted molar refractivity (Wildman–Crippen MR) is 76.7 cm³/mol. The lowest BCUT2D eigenvalue weighted by Crippen LogP contribution is -1.98. The molecule has 0 saturated carbocycles. The van der Waals surface area contributed by atoms with Crippen molar-refractivity contribution < 1.29 is 9.34 Å². The Balaban J connectivity index is 1.70. The molecule has 21 heavy (non-hydrogen) atoms. The number of hydrogen-bond acceptors (Lipinski definition) is 5. The smallest absolute Gasteiger partial charge is 0.404 e. The van der Waals surface area contributed by atoms with Gasteiger partial charge in [-0.1, -0.05) is 12.1 Å². The highest BCUT2D eigenvalue weighted by Crippen LogP contribution is 2.21. The van der Waals surface area contributed by atoms with Gasteiger partial charge in [0.2, 0.25) is 0 Å². The Hall–Kier alpha value is -3.09. The molecule has 0 saturated heterocycles. The summed E-state index contributed by atoms with van der Waals surface area (Å²) in [6, 6.07) is 12.6. The number of anilines is 1. The number of hydrogen-bond donors (Lipinski definition) is 2. The fourth-order valence-corrected chi connectivity index (χ4v) is 1.96. The van der Waals surface area contributed by atoms with Crippen LogP contribution in [0.25, 0.3) is 11.3 Å². The van der Waals surface area contributed by atoms with Gasteiger partial charge >= 0.3 is 5.88 Å². The van der Waals surface area contributed by atoms with E-state index in [2.05, 4.69) is 15.5 Å². The van der Waals surface area contributed by atoms with Crippen molar-refractivity contribution in [1.29, 1.82) is 0 Å². The Bertz CT molecular complexity index is 749. The maximum atomic E-state index is 10.5. The van der Waals surface area contributed by atoms with Crippen LogP contribution >= 0.6 is 0 Å². The topological polar surface area (TPSA) is 97.0 Å². The minimum Gasteiger partial charge on any atom is -0.404 e. The number of aromatic nitrogens is 2. The monoisotopic (exact) mass is 284 g/mol. The average Bonchev–Trinajstić information content (AvgIpc) is 3.17. The van der Waals surface area contributed by atoms with Crippen LogP contribution in [-0.2, 0) is 6.54 Å². The quantitative estimate of drug-likeness (QED) is 0.554. The molecule has 0 spiro atoms. The summed E-state index contributed by atoms with van der Waals surface area (Å²) in [6.45, 7) is 0.375. The Labute approximate surface area is 119 Å². The summed E-state index contributed by atoms with van der Waals surface area (Å²) >= 11 is 0. The second-order valence-electron chi connectivity index (χ2n) is 4.40. The summed E-state index contributed by atoms with van der Waals surface area (Å²) < 4.78 is 5.09. The van der Waals surface area contributed by atoms with Crippen molar-refractivity contribution in [2.24, 2.45) is 0 Å². The Morgan fingerprint density at radius 2 is 2.19 bits per heavy atom. The highest BCUT2D eigenvalue weighted by atomic mass is 16.6. The molecular formula is C14H12N4O3. The third kappa shape index (κ3) is 2.92. The maximum absolute atomic E-state index is 10.5. The number of H-pyrrole nitrogens is 1. The minimum atomic E-state index is -0.553. The molecule has 2 aromatic heterocycles. The fraction of sp³-hybridized carbons (Fsp3) is 0.0714. The van der Waals surface area contributed by atoms with E-state index in [1.54, 1.807) is 12.3 Å². The third-order valence-electron chi connectivity index (χ3n) is 2.97. The average molecular weight is 284 g/mol. The molecule has 106 valence electrons. The van der Waals surface area contributed by atoms with Crippen molar-refractivity contribution in [2.45, 2.75) is 6.54 Å². The molecule has 0 aliphatic rings. The van der Waals surface area contributed by atoms with Crippen molar-refractivity contribution in [2.75, 3.05) is 5.32 Å². The predicted octanol–water partition coefficient (Wildman–Crippen LogP) is 3.19. The van der Waals surface area contributed by atoms with Gasteiger partial charge in [-0.15, -0.1) is 0 Å². The van der Waals surface area contributed by atoms with Crippen LogP contribution in [0.2, 0.25) is 0 Å². The SMILES string of the molecule is O=[N+]([O-])c1ccc(CNc2cccc(-c3ccn[nH]3)c2)o1. The first-order chi connectivity index (χ1) is 10.2. The highest BCUT2D eigenvalue weighted by Gasteiger charge is 2.11. The maximum Gasteiger partial charge on any atom is 0.433 e. The van der Waals surface area contributed by atoms with E-state index in [4.69, 9.17) is 4.42 Å².